The van der Waals surface area contributed by atoms with Crippen LogP contribution in [0.4, 0.5) is 0 Å². The van der Waals surface area contributed by atoms with Crippen LogP contribution < -0.4 is 5.73 Å². The molecule has 2 rings (SSSR count). The van der Waals surface area contributed by atoms with Gasteiger partial charge in [-0.25, -0.2) is 0 Å². The van der Waals surface area contributed by atoms with Crippen LogP contribution in [0.2, 0.25) is 0 Å². The molecule has 0 aliphatic heterocycles. The summed E-state index contributed by atoms with van der Waals surface area (Å²) in [5.74, 6) is 0.508. The Balaban J connectivity index is 2.84. The third kappa shape index (κ3) is 1.63. The summed E-state index contributed by atoms with van der Waals surface area (Å²) in [6.45, 7) is 9.34. The van der Waals surface area contributed by atoms with E-state index >= 15 is 0 Å². The van der Waals surface area contributed by atoms with E-state index in [0.717, 1.165) is 0 Å². The largest absolute Gasteiger partial charge is 0.357 e. The first-order chi connectivity index (χ1) is 7.54. The van der Waals surface area contributed by atoms with Crippen LogP contribution in [0, 0.1) is 13.8 Å². The van der Waals surface area contributed by atoms with E-state index in [9.17, 15) is 0 Å². The Labute approximate surface area is 96.9 Å². The summed E-state index contributed by atoms with van der Waals surface area (Å²) in [6, 6.07) is 4.44. The number of rotatable bonds is 2. The van der Waals surface area contributed by atoms with Crippen molar-refractivity contribution >= 4 is 10.9 Å². The van der Waals surface area contributed by atoms with Crippen LogP contribution in [0.1, 0.15) is 42.1 Å². The van der Waals surface area contributed by atoms with Gasteiger partial charge in [0.2, 0.25) is 0 Å². The highest BCUT2D eigenvalue weighted by Crippen LogP contribution is 2.32. The normalized spacial score (nSPS) is 11.6. The van der Waals surface area contributed by atoms with Crippen molar-refractivity contribution in [3.63, 3.8) is 0 Å². The molecule has 0 spiro atoms. The number of hydrogen-bond acceptors (Lipinski definition) is 1. The van der Waals surface area contributed by atoms with E-state index in [4.69, 9.17) is 5.73 Å². The molecule has 1 heterocycles. The Morgan fingerprint density at radius 2 is 1.94 bits per heavy atom. The fourth-order valence-electron chi connectivity index (χ4n) is 2.60. The predicted octanol–water partition coefficient (Wildman–Crippen LogP) is 3.37. The Kier molecular flexibility index (Phi) is 2.76. The Hall–Kier alpha value is -1.28. The number of fused-ring (bicyclic) bond motifs is 1. The van der Waals surface area contributed by atoms with Crippen molar-refractivity contribution in [1.29, 1.82) is 0 Å². The lowest BCUT2D eigenvalue weighted by Gasteiger charge is -2.08. The summed E-state index contributed by atoms with van der Waals surface area (Å²) in [7, 11) is 0. The van der Waals surface area contributed by atoms with Crippen LogP contribution in [0.5, 0.6) is 0 Å². The molecule has 0 atom stereocenters. The molecule has 2 aromatic rings. The van der Waals surface area contributed by atoms with Gasteiger partial charge in [0, 0.05) is 23.1 Å². The maximum atomic E-state index is 5.81. The topological polar surface area (TPSA) is 41.8 Å². The molecule has 0 radical (unpaired) electrons. The molecule has 0 saturated heterocycles. The molecule has 0 aliphatic carbocycles. The van der Waals surface area contributed by atoms with Crippen LogP contribution in [-0.2, 0) is 6.54 Å². The van der Waals surface area contributed by atoms with Gasteiger partial charge in [-0.1, -0.05) is 19.9 Å². The lowest BCUT2D eigenvalue weighted by atomic mass is 9.96. The lowest BCUT2D eigenvalue weighted by Crippen LogP contribution is -2.01. The smallest absolute Gasteiger partial charge is 0.0464 e. The Bertz CT molecular complexity index is 521. The average molecular weight is 216 g/mol. The first-order valence-corrected chi connectivity index (χ1v) is 5.86. The summed E-state index contributed by atoms with van der Waals surface area (Å²) in [5.41, 5.74) is 12.2. The monoisotopic (exact) mass is 216 g/mol. The molecule has 0 amide bonds. The zero-order valence-corrected chi connectivity index (χ0v) is 10.5. The van der Waals surface area contributed by atoms with Crippen LogP contribution >= 0.6 is 0 Å². The third-order valence-electron chi connectivity index (χ3n) is 3.14. The summed E-state index contributed by atoms with van der Waals surface area (Å²) >= 11 is 0. The van der Waals surface area contributed by atoms with E-state index < -0.39 is 0 Å². The van der Waals surface area contributed by atoms with E-state index in [-0.39, 0.29) is 0 Å². The summed E-state index contributed by atoms with van der Waals surface area (Å²) in [5, 5.41) is 1.36. The fourth-order valence-corrected chi connectivity index (χ4v) is 2.60. The molecule has 0 aliphatic rings. The quantitative estimate of drug-likeness (QED) is 0.794. The maximum Gasteiger partial charge on any atom is 0.0464 e. The SMILES string of the molecule is Cc1cc(C)c2c(C(C)C)c(CN)[nH]c2c1. The highest BCUT2D eigenvalue weighted by Gasteiger charge is 2.15. The van der Waals surface area contributed by atoms with Crippen LogP contribution in [0.3, 0.4) is 0 Å². The van der Waals surface area contributed by atoms with E-state index in [2.05, 4.69) is 44.8 Å². The van der Waals surface area contributed by atoms with Gasteiger partial charge in [-0.3, -0.25) is 0 Å². The van der Waals surface area contributed by atoms with Gasteiger partial charge >= 0.3 is 0 Å². The van der Waals surface area contributed by atoms with Gasteiger partial charge in [-0.2, -0.15) is 0 Å². The van der Waals surface area contributed by atoms with Crippen molar-refractivity contribution < 1.29 is 0 Å². The molecule has 1 aromatic heterocycles. The number of aryl methyl sites for hydroxylation is 2. The van der Waals surface area contributed by atoms with Crippen LogP contribution in [0.15, 0.2) is 12.1 Å². The number of nitrogens with two attached hydrogens (primary N) is 1. The van der Waals surface area contributed by atoms with Gasteiger partial charge in [0.15, 0.2) is 0 Å². The molecule has 0 saturated carbocycles. The van der Waals surface area contributed by atoms with Gasteiger partial charge in [0.05, 0.1) is 0 Å². The Morgan fingerprint density at radius 3 is 2.50 bits per heavy atom. The molecular weight excluding hydrogens is 196 g/mol. The van der Waals surface area contributed by atoms with Crippen molar-refractivity contribution in [2.24, 2.45) is 5.73 Å². The first-order valence-electron chi connectivity index (χ1n) is 5.86. The standard InChI is InChI=1S/C14H20N2/c1-8(2)13-12(7-15)16-11-6-9(3)5-10(4)14(11)13/h5-6,8,16H,7,15H2,1-4H3. The number of aromatic amines is 1. The van der Waals surface area contributed by atoms with E-state index in [0.29, 0.717) is 12.5 Å². The minimum Gasteiger partial charge on any atom is -0.357 e. The van der Waals surface area contributed by atoms with Gasteiger partial charge in [0.25, 0.3) is 0 Å². The number of nitrogens with one attached hydrogen (secondary N) is 1. The van der Waals surface area contributed by atoms with Crippen LogP contribution in [0.25, 0.3) is 10.9 Å². The lowest BCUT2D eigenvalue weighted by molar-refractivity contribution is 0.841. The van der Waals surface area contributed by atoms with Gasteiger partial charge in [0.1, 0.15) is 0 Å². The maximum absolute atomic E-state index is 5.81. The van der Waals surface area contributed by atoms with E-state index in [1.54, 1.807) is 0 Å². The minimum atomic E-state index is 0.508. The van der Waals surface area contributed by atoms with Crippen molar-refractivity contribution in [3.05, 3.63) is 34.5 Å². The summed E-state index contributed by atoms with van der Waals surface area (Å²) < 4.78 is 0. The fraction of sp³-hybridized carbons (Fsp3) is 0.429. The molecule has 86 valence electrons. The number of H-pyrrole nitrogens is 1. The summed E-state index contributed by atoms with van der Waals surface area (Å²) in [6.07, 6.45) is 0. The average Bonchev–Trinajstić information content (AvgIpc) is 2.55. The number of aromatic nitrogens is 1. The predicted molar refractivity (Wildman–Crippen MR) is 69.8 cm³/mol. The Morgan fingerprint density at radius 1 is 1.25 bits per heavy atom. The highest BCUT2D eigenvalue weighted by atomic mass is 14.8. The zero-order valence-electron chi connectivity index (χ0n) is 10.5. The molecule has 16 heavy (non-hydrogen) atoms. The molecule has 3 N–H and O–H groups in total. The highest BCUT2D eigenvalue weighted by molar-refractivity contribution is 5.89. The molecule has 0 fully saturated rings. The summed E-state index contributed by atoms with van der Waals surface area (Å²) in [4.78, 5) is 3.45. The van der Waals surface area contributed by atoms with Crippen molar-refractivity contribution in [1.82, 2.24) is 4.98 Å². The van der Waals surface area contributed by atoms with Gasteiger partial charge in [-0.05, 0) is 42.5 Å². The molecule has 1 aromatic carbocycles. The second-order valence-corrected chi connectivity index (χ2v) is 4.88. The van der Waals surface area contributed by atoms with Gasteiger partial charge in [-0.15, -0.1) is 0 Å². The van der Waals surface area contributed by atoms with E-state index in [1.807, 2.05) is 0 Å². The van der Waals surface area contributed by atoms with Gasteiger partial charge < -0.3 is 10.7 Å². The van der Waals surface area contributed by atoms with Crippen molar-refractivity contribution in [3.8, 4) is 0 Å². The molecule has 2 heteroatoms. The third-order valence-corrected chi connectivity index (χ3v) is 3.14. The first kappa shape index (κ1) is 11.2. The second kappa shape index (κ2) is 3.95. The molecular formula is C14H20N2. The molecule has 2 nitrogen and oxygen atoms in total. The number of benzene rings is 1. The zero-order chi connectivity index (χ0) is 11.9. The van der Waals surface area contributed by atoms with Crippen molar-refractivity contribution in [2.75, 3.05) is 0 Å². The molecule has 0 bridgehead atoms. The van der Waals surface area contributed by atoms with Crippen LogP contribution in [-0.4, -0.2) is 4.98 Å². The minimum absolute atomic E-state index is 0.508. The number of hydrogen-bond donors (Lipinski definition) is 2. The van der Waals surface area contributed by atoms with E-state index in [1.165, 1.54) is 33.3 Å². The van der Waals surface area contributed by atoms with Crippen molar-refractivity contribution in [2.45, 2.75) is 40.2 Å². The molecule has 0 unspecified atom stereocenters. The second-order valence-electron chi connectivity index (χ2n) is 4.88.